The molecule has 24 heavy (non-hydrogen) atoms. The third-order valence-electron chi connectivity index (χ3n) is 4.20. The first-order valence-electron chi connectivity index (χ1n) is 7.51. The van der Waals surface area contributed by atoms with Crippen LogP contribution in [0.4, 0.5) is 17.6 Å². The van der Waals surface area contributed by atoms with Crippen molar-refractivity contribution in [2.45, 2.75) is 70.1 Å². The molecule has 2 unspecified atom stereocenters. The van der Waals surface area contributed by atoms with Crippen LogP contribution in [0.15, 0.2) is 0 Å². The number of halogens is 4. The molecule has 2 rings (SSSR count). The summed E-state index contributed by atoms with van der Waals surface area (Å²) < 4.78 is 50.4. The summed E-state index contributed by atoms with van der Waals surface area (Å²) in [6, 6.07) is 0. The van der Waals surface area contributed by atoms with Crippen molar-refractivity contribution in [3.8, 4) is 0 Å². The standard InChI is InChI=1S/C8H12F2O.C7H10F2O2.Na.H2O/c1-6(11)7-3-2-4-8(9,10)5-7;8-7(9)3-1-2-5(4-7)6(10)11;;/h7H,2-5H2,1H3;5H,1-4H2,(H,10,11);;1H2/q;;+1;/p-1. The maximum absolute atomic E-state index is 12.7. The minimum atomic E-state index is -2.75. The number of alkyl halides is 4. The number of Topliss-reactive ketones (excluding diaryl/α,β-unsaturated/α-hetero) is 1. The van der Waals surface area contributed by atoms with Crippen LogP contribution in [0.25, 0.3) is 0 Å². The summed E-state index contributed by atoms with van der Waals surface area (Å²) in [5.41, 5.74) is 0. The normalized spacial score (nSPS) is 27.4. The van der Waals surface area contributed by atoms with Crippen LogP contribution in [0, 0.1) is 11.8 Å². The molecule has 0 aromatic carbocycles. The Bertz CT molecular complexity index is 380. The Kier molecular flexibility index (Phi) is 11.6. The largest absolute Gasteiger partial charge is 1.00 e. The van der Waals surface area contributed by atoms with Crippen molar-refractivity contribution in [1.82, 2.24) is 0 Å². The molecular formula is C15H23F4NaO4. The van der Waals surface area contributed by atoms with E-state index in [1.165, 1.54) is 6.92 Å². The molecule has 2 aliphatic rings. The van der Waals surface area contributed by atoms with Gasteiger partial charge >= 0.3 is 35.5 Å². The molecule has 0 saturated heterocycles. The fourth-order valence-electron chi connectivity index (χ4n) is 2.90. The van der Waals surface area contributed by atoms with Crippen molar-refractivity contribution < 1.29 is 67.3 Å². The molecule has 0 aromatic rings. The summed E-state index contributed by atoms with van der Waals surface area (Å²) in [6.07, 6.45) is 0.926. The van der Waals surface area contributed by atoms with Crippen molar-refractivity contribution in [3.05, 3.63) is 0 Å². The molecule has 2 aliphatic carbocycles. The van der Waals surface area contributed by atoms with E-state index in [0.717, 1.165) is 0 Å². The van der Waals surface area contributed by atoms with Gasteiger partial charge in [0.2, 0.25) is 11.8 Å². The van der Waals surface area contributed by atoms with E-state index in [-0.39, 0.29) is 60.1 Å². The molecule has 0 aromatic heterocycles. The quantitative estimate of drug-likeness (QED) is 0.586. The van der Waals surface area contributed by atoms with Crippen LogP contribution >= 0.6 is 0 Å². The number of hydrogen-bond acceptors (Lipinski definition) is 3. The first kappa shape index (κ1) is 26.1. The molecular weight excluding hydrogens is 343 g/mol. The molecule has 0 bridgehead atoms. The second-order valence-corrected chi connectivity index (χ2v) is 6.25. The van der Waals surface area contributed by atoms with Crippen molar-refractivity contribution in [1.29, 1.82) is 0 Å². The summed E-state index contributed by atoms with van der Waals surface area (Å²) in [6.45, 7) is 1.39. The molecule has 2 saturated carbocycles. The second kappa shape index (κ2) is 10.7. The van der Waals surface area contributed by atoms with Gasteiger partial charge in [-0.05, 0) is 32.6 Å². The van der Waals surface area contributed by atoms with E-state index >= 15 is 0 Å². The Balaban J connectivity index is 0. The fourth-order valence-corrected chi connectivity index (χ4v) is 2.90. The zero-order valence-electron chi connectivity index (χ0n) is 14.0. The predicted octanol–water partition coefficient (Wildman–Crippen LogP) is 1.12. The SMILES string of the molecule is CC(=O)C1CCCC(F)(F)C1.O=C(O)C1CCCC(F)(F)C1.[Na+].[OH-]. The van der Waals surface area contributed by atoms with Gasteiger partial charge in [0, 0.05) is 31.6 Å². The van der Waals surface area contributed by atoms with E-state index in [0.29, 0.717) is 25.7 Å². The predicted molar refractivity (Wildman–Crippen MR) is 74.1 cm³/mol. The van der Waals surface area contributed by atoms with Crippen molar-refractivity contribution >= 4 is 11.8 Å². The van der Waals surface area contributed by atoms with Crippen LogP contribution < -0.4 is 29.6 Å². The maximum atomic E-state index is 12.7. The molecule has 2 fully saturated rings. The van der Waals surface area contributed by atoms with Crippen LogP contribution in [0.5, 0.6) is 0 Å². The third kappa shape index (κ3) is 9.34. The zero-order valence-corrected chi connectivity index (χ0v) is 16.0. The smallest absolute Gasteiger partial charge is 0.870 e. The molecule has 0 radical (unpaired) electrons. The summed E-state index contributed by atoms with van der Waals surface area (Å²) in [4.78, 5) is 21.1. The average molecular weight is 366 g/mol. The summed E-state index contributed by atoms with van der Waals surface area (Å²) in [7, 11) is 0. The van der Waals surface area contributed by atoms with Crippen LogP contribution in [0.2, 0.25) is 0 Å². The van der Waals surface area contributed by atoms with Gasteiger partial charge in [0.15, 0.2) is 0 Å². The topological polar surface area (TPSA) is 84.4 Å². The van der Waals surface area contributed by atoms with E-state index < -0.39 is 36.1 Å². The number of ketones is 1. The average Bonchev–Trinajstić information content (AvgIpc) is 2.37. The second-order valence-electron chi connectivity index (χ2n) is 6.25. The molecule has 0 spiro atoms. The number of carbonyl (C=O) groups excluding carboxylic acids is 1. The minimum absolute atomic E-state index is 0. The Morgan fingerprint density at radius 1 is 0.917 bits per heavy atom. The van der Waals surface area contributed by atoms with Gasteiger partial charge in [0.25, 0.3) is 0 Å². The van der Waals surface area contributed by atoms with Gasteiger partial charge < -0.3 is 10.6 Å². The molecule has 4 nitrogen and oxygen atoms in total. The van der Waals surface area contributed by atoms with Gasteiger partial charge in [-0.3, -0.25) is 9.59 Å². The zero-order chi connectivity index (χ0) is 17.0. The number of carboxylic acids is 1. The van der Waals surface area contributed by atoms with Crippen molar-refractivity contribution in [2.75, 3.05) is 0 Å². The molecule has 2 N–H and O–H groups in total. The fraction of sp³-hybridized carbons (Fsp3) is 0.867. The number of hydrogen-bond donors (Lipinski definition) is 1. The molecule has 0 aliphatic heterocycles. The monoisotopic (exact) mass is 366 g/mol. The van der Waals surface area contributed by atoms with E-state index in [2.05, 4.69) is 0 Å². The Hall–Kier alpha value is -0.180. The van der Waals surface area contributed by atoms with Crippen LogP contribution in [0.1, 0.15) is 58.3 Å². The molecule has 0 heterocycles. The minimum Gasteiger partial charge on any atom is -0.870 e. The van der Waals surface area contributed by atoms with E-state index in [4.69, 9.17) is 5.11 Å². The van der Waals surface area contributed by atoms with Crippen molar-refractivity contribution in [2.24, 2.45) is 11.8 Å². The molecule has 0 amide bonds. The van der Waals surface area contributed by atoms with Gasteiger partial charge in [0.05, 0.1) is 5.92 Å². The maximum Gasteiger partial charge on any atom is 1.00 e. The van der Waals surface area contributed by atoms with Crippen LogP contribution in [-0.4, -0.2) is 34.2 Å². The van der Waals surface area contributed by atoms with Gasteiger partial charge in [-0.2, -0.15) is 0 Å². The molecule has 9 heteroatoms. The summed E-state index contributed by atoms with van der Waals surface area (Å²) >= 11 is 0. The number of aliphatic carboxylic acids is 1. The van der Waals surface area contributed by atoms with Gasteiger partial charge in [-0.25, -0.2) is 17.6 Å². The third-order valence-corrected chi connectivity index (χ3v) is 4.20. The number of carbonyl (C=O) groups is 2. The van der Waals surface area contributed by atoms with E-state index in [9.17, 15) is 27.2 Å². The summed E-state index contributed by atoms with van der Waals surface area (Å²) in [5, 5.41) is 8.44. The van der Waals surface area contributed by atoms with E-state index in [1.807, 2.05) is 0 Å². The van der Waals surface area contributed by atoms with Gasteiger partial charge in [-0.1, -0.05) is 0 Å². The Morgan fingerprint density at radius 2 is 1.29 bits per heavy atom. The number of carboxylic acid groups (broad SMARTS) is 1. The summed E-state index contributed by atoms with van der Waals surface area (Å²) in [5.74, 6) is -7.75. The van der Waals surface area contributed by atoms with Crippen molar-refractivity contribution in [3.63, 3.8) is 0 Å². The molecule has 136 valence electrons. The Labute approximate surface area is 161 Å². The first-order chi connectivity index (χ1) is 10.0. The van der Waals surface area contributed by atoms with Gasteiger partial charge in [0.1, 0.15) is 5.78 Å². The number of rotatable bonds is 2. The molecule has 2 atom stereocenters. The first-order valence-corrected chi connectivity index (χ1v) is 7.51. The van der Waals surface area contributed by atoms with E-state index in [1.54, 1.807) is 0 Å². The Morgan fingerprint density at radius 3 is 1.54 bits per heavy atom. The van der Waals surface area contributed by atoms with Crippen LogP contribution in [0.3, 0.4) is 0 Å². The van der Waals surface area contributed by atoms with Gasteiger partial charge in [-0.15, -0.1) is 0 Å². The van der Waals surface area contributed by atoms with Crippen LogP contribution in [-0.2, 0) is 9.59 Å².